The standard InChI is InChI=1S/C15H28N2O3/c1-14(2,3)11(16)9-12(18)17-10-15(13(19)20)7-5-4-6-8-15/h11H,4-10,16H2,1-3H3,(H,17,18)(H,19,20). The van der Waals surface area contributed by atoms with Crippen molar-refractivity contribution in [3.63, 3.8) is 0 Å². The largest absolute Gasteiger partial charge is 0.481 e. The zero-order valence-electron chi connectivity index (χ0n) is 12.9. The Morgan fingerprint density at radius 2 is 1.80 bits per heavy atom. The van der Waals surface area contributed by atoms with Crippen LogP contribution in [-0.2, 0) is 9.59 Å². The van der Waals surface area contributed by atoms with E-state index >= 15 is 0 Å². The minimum atomic E-state index is -0.794. The Kier molecular flexibility index (Phi) is 5.57. The maximum Gasteiger partial charge on any atom is 0.311 e. The van der Waals surface area contributed by atoms with E-state index in [0.717, 1.165) is 19.3 Å². The van der Waals surface area contributed by atoms with Gasteiger partial charge < -0.3 is 16.2 Å². The molecule has 1 atom stereocenters. The number of aliphatic carboxylic acids is 1. The number of rotatable bonds is 5. The average Bonchev–Trinajstić information content (AvgIpc) is 2.36. The number of amides is 1. The number of carboxylic acid groups (broad SMARTS) is 1. The average molecular weight is 284 g/mol. The topological polar surface area (TPSA) is 92.4 Å². The third-order valence-corrected chi connectivity index (χ3v) is 4.41. The summed E-state index contributed by atoms with van der Waals surface area (Å²) in [7, 11) is 0. The molecule has 1 unspecified atom stereocenters. The van der Waals surface area contributed by atoms with Gasteiger partial charge in [-0.15, -0.1) is 0 Å². The summed E-state index contributed by atoms with van der Waals surface area (Å²) in [6, 6.07) is -0.227. The maximum absolute atomic E-state index is 11.9. The maximum atomic E-state index is 11.9. The third-order valence-electron chi connectivity index (χ3n) is 4.41. The van der Waals surface area contributed by atoms with Gasteiger partial charge >= 0.3 is 5.97 Å². The number of nitrogens with one attached hydrogen (secondary N) is 1. The lowest BCUT2D eigenvalue weighted by molar-refractivity contribution is -0.151. The van der Waals surface area contributed by atoms with Crippen LogP contribution in [0.4, 0.5) is 0 Å². The SMILES string of the molecule is CC(C)(C)C(N)CC(=O)NCC1(C(=O)O)CCCCC1. The second-order valence-corrected chi connectivity index (χ2v) is 7.10. The van der Waals surface area contributed by atoms with Crippen LogP contribution >= 0.6 is 0 Å². The highest BCUT2D eigenvalue weighted by atomic mass is 16.4. The Balaban J connectivity index is 2.52. The molecule has 0 aromatic carbocycles. The van der Waals surface area contributed by atoms with E-state index in [2.05, 4.69) is 5.32 Å². The summed E-state index contributed by atoms with van der Waals surface area (Å²) in [6.07, 6.45) is 4.45. The lowest BCUT2D eigenvalue weighted by Crippen LogP contribution is -2.46. The summed E-state index contributed by atoms with van der Waals surface area (Å²) in [6.45, 7) is 6.19. The Hall–Kier alpha value is -1.10. The van der Waals surface area contributed by atoms with Gasteiger partial charge in [0.1, 0.15) is 0 Å². The van der Waals surface area contributed by atoms with E-state index in [0.29, 0.717) is 12.8 Å². The molecule has 1 fully saturated rings. The van der Waals surface area contributed by atoms with Crippen LogP contribution in [0.15, 0.2) is 0 Å². The first-order chi connectivity index (χ1) is 9.17. The molecule has 0 radical (unpaired) electrons. The first kappa shape index (κ1) is 17.0. The van der Waals surface area contributed by atoms with E-state index in [1.54, 1.807) is 0 Å². The van der Waals surface area contributed by atoms with Gasteiger partial charge in [0.15, 0.2) is 0 Å². The second-order valence-electron chi connectivity index (χ2n) is 7.10. The molecule has 1 saturated carbocycles. The molecule has 1 aliphatic rings. The van der Waals surface area contributed by atoms with Gasteiger partial charge in [-0.1, -0.05) is 40.0 Å². The van der Waals surface area contributed by atoms with E-state index in [-0.39, 0.29) is 30.3 Å². The molecule has 4 N–H and O–H groups in total. The monoisotopic (exact) mass is 284 g/mol. The fraction of sp³-hybridized carbons (Fsp3) is 0.867. The predicted molar refractivity (Wildman–Crippen MR) is 78.2 cm³/mol. The first-order valence-corrected chi connectivity index (χ1v) is 7.43. The van der Waals surface area contributed by atoms with Gasteiger partial charge in [-0.2, -0.15) is 0 Å². The normalized spacial score (nSPS) is 20.2. The highest BCUT2D eigenvalue weighted by Gasteiger charge is 2.39. The number of hydrogen-bond acceptors (Lipinski definition) is 3. The predicted octanol–water partition coefficient (Wildman–Crippen LogP) is 1.90. The van der Waals surface area contributed by atoms with E-state index in [4.69, 9.17) is 5.73 Å². The summed E-state index contributed by atoms with van der Waals surface area (Å²) < 4.78 is 0. The molecule has 1 aliphatic carbocycles. The molecular weight excluding hydrogens is 256 g/mol. The molecule has 5 heteroatoms. The summed E-state index contributed by atoms with van der Waals surface area (Å²) in [5.41, 5.74) is 5.07. The van der Waals surface area contributed by atoms with Gasteiger partial charge in [-0.25, -0.2) is 0 Å². The number of hydrogen-bond donors (Lipinski definition) is 3. The van der Waals surface area contributed by atoms with Crippen LogP contribution < -0.4 is 11.1 Å². The van der Waals surface area contributed by atoms with Crippen LogP contribution in [0.25, 0.3) is 0 Å². The lowest BCUT2D eigenvalue weighted by atomic mass is 9.74. The van der Waals surface area contributed by atoms with Gasteiger partial charge in [-0.05, 0) is 18.3 Å². The molecule has 116 valence electrons. The quantitative estimate of drug-likeness (QED) is 0.719. The van der Waals surface area contributed by atoms with Crippen molar-refractivity contribution in [3.05, 3.63) is 0 Å². The van der Waals surface area contributed by atoms with Crippen molar-refractivity contribution in [2.45, 2.75) is 65.3 Å². The van der Waals surface area contributed by atoms with Crippen molar-refractivity contribution in [2.24, 2.45) is 16.6 Å². The van der Waals surface area contributed by atoms with E-state index < -0.39 is 11.4 Å². The van der Waals surface area contributed by atoms with Crippen molar-refractivity contribution in [1.29, 1.82) is 0 Å². The molecule has 1 rings (SSSR count). The van der Waals surface area contributed by atoms with E-state index in [1.165, 1.54) is 0 Å². The van der Waals surface area contributed by atoms with E-state index in [9.17, 15) is 14.7 Å². The van der Waals surface area contributed by atoms with Crippen LogP contribution in [0.1, 0.15) is 59.3 Å². The van der Waals surface area contributed by atoms with Crippen molar-refractivity contribution < 1.29 is 14.7 Å². The number of nitrogens with two attached hydrogens (primary N) is 1. The van der Waals surface area contributed by atoms with Crippen LogP contribution in [-0.4, -0.2) is 29.6 Å². The summed E-state index contributed by atoms with van der Waals surface area (Å²) in [5, 5.41) is 12.2. The molecule has 0 saturated heterocycles. The molecule has 0 bridgehead atoms. The highest BCUT2D eigenvalue weighted by molar-refractivity contribution is 5.79. The molecule has 1 amide bonds. The molecule has 0 aromatic heterocycles. The second kappa shape index (κ2) is 6.57. The van der Waals surface area contributed by atoms with Crippen molar-refractivity contribution in [3.8, 4) is 0 Å². The smallest absolute Gasteiger partial charge is 0.311 e. The van der Waals surface area contributed by atoms with Crippen LogP contribution in [0.5, 0.6) is 0 Å². The van der Waals surface area contributed by atoms with Gasteiger partial charge in [-0.3, -0.25) is 9.59 Å². The Morgan fingerprint density at radius 1 is 1.25 bits per heavy atom. The number of carbonyl (C=O) groups is 2. The van der Waals surface area contributed by atoms with E-state index in [1.807, 2.05) is 20.8 Å². The Bertz CT molecular complexity index is 355. The van der Waals surface area contributed by atoms with Gasteiger partial charge in [0, 0.05) is 19.0 Å². The van der Waals surface area contributed by atoms with Gasteiger partial charge in [0.25, 0.3) is 0 Å². The molecule has 0 aliphatic heterocycles. The van der Waals surface area contributed by atoms with Crippen molar-refractivity contribution in [2.75, 3.05) is 6.54 Å². The zero-order chi connectivity index (χ0) is 15.4. The van der Waals surface area contributed by atoms with Crippen LogP contribution in [0.3, 0.4) is 0 Å². The van der Waals surface area contributed by atoms with Crippen LogP contribution in [0, 0.1) is 10.8 Å². The van der Waals surface area contributed by atoms with Crippen molar-refractivity contribution in [1.82, 2.24) is 5.32 Å². The fourth-order valence-electron chi connectivity index (χ4n) is 2.54. The molecule has 20 heavy (non-hydrogen) atoms. The summed E-state index contributed by atoms with van der Waals surface area (Å²) in [5.74, 6) is -0.948. The lowest BCUT2D eigenvalue weighted by Gasteiger charge is -2.33. The molecule has 0 aromatic rings. The zero-order valence-corrected chi connectivity index (χ0v) is 12.9. The molecule has 0 heterocycles. The first-order valence-electron chi connectivity index (χ1n) is 7.43. The molecular formula is C15H28N2O3. The Labute approximate surface area is 121 Å². The Morgan fingerprint density at radius 3 is 2.25 bits per heavy atom. The minimum absolute atomic E-state index is 0.132. The summed E-state index contributed by atoms with van der Waals surface area (Å²) >= 11 is 0. The fourth-order valence-corrected chi connectivity index (χ4v) is 2.54. The number of carboxylic acids is 1. The van der Waals surface area contributed by atoms with Gasteiger partial charge in [0.05, 0.1) is 5.41 Å². The van der Waals surface area contributed by atoms with Gasteiger partial charge in [0.2, 0.25) is 5.91 Å². The summed E-state index contributed by atoms with van der Waals surface area (Å²) in [4.78, 5) is 23.4. The minimum Gasteiger partial charge on any atom is -0.481 e. The molecule has 0 spiro atoms. The highest BCUT2D eigenvalue weighted by Crippen LogP contribution is 2.36. The number of carbonyl (C=O) groups excluding carboxylic acids is 1. The molecule has 5 nitrogen and oxygen atoms in total. The van der Waals surface area contributed by atoms with Crippen molar-refractivity contribution >= 4 is 11.9 Å². The third kappa shape index (κ3) is 4.47. The van der Waals surface area contributed by atoms with Crippen LogP contribution in [0.2, 0.25) is 0 Å².